The summed E-state index contributed by atoms with van der Waals surface area (Å²) in [5.41, 5.74) is 1.81. The largest absolute Gasteiger partial charge is 0.383 e. The van der Waals surface area contributed by atoms with Crippen LogP contribution in [0.4, 0.5) is 0 Å². The maximum Gasteiger partial charge on any atom is 0.179 e. The summed E-state index contributed by atoms with van der Waals surface area (Å²) in [4.78, 5) is 3.43. The third-order valence-electron chi connectivity index (χ3n) is 2.64. The van der Waals surface area contributed by atoms with E-state index in [1.54, 1.807) is 0 Å². The van der Waals surface area contributed by atoms with E-state index in [1.807, 2.05) is 68.5 Å². The average molecular weight is 362 g/mol. The van der Waals surface area contributed by atoms with Gasteiger partial charge in [-0.05, 0) is 34.9 Å². The van der Waals surface area contributed by atoms with Crippen LogP contribution in [0.3, 0.4) is 0 Å². The summed E-state index contributed by atoms with van der Waals surface area (Å²) in [6.45, 7) is 1.86. The zero-order valence-corrected chi connectivity index (χ0v) is 14.7. The van der Waals surface area contributed by atoms with Crippen molar-refractivity contribution >= 4 is 30.4 Å². The first-order valence-corrected chi connectivity index (χ1v) is 10.0. The third-order valence-corrected chi connectivity index (χ3v) is 7.19. The second-order valence-electron chi connectivity index (χ2n) is 4.77. The van der Waals surface area contributed by atoms with E-state index < -0.39 is 20.0 Å². The van der Waals surface area contributed by atoms with Gasteiger partial charge in [0.05, 0.1) is 15.1 Å². The second kappa shape index (κ2) is 7.18. The molecule has 22 heavy (non-hydrogen) atoms. The summed E-state index contributed by atoms with van der Waals surface area (Å²) < 4.78 is 37.5. The number of benzene rings is 1. The molecule has 1 aromatic carbocycles. The molecule has 120 valence electrons. The van der Waals surface area contributed by atoms with Crippen molar-refractivity contribution in [3.8, 4) is 0 Å². The molecule has 0 spiro atoms. The Kier molecular flexibility index (Phi) is 5.73. The quantitative estimate of drug-likeness (QED) is 0.429. The van der Waals surface area contributed by atoms with Gasteiger partial charge in [0.15, 0.2) is 9.80 Å². The van der Waals surface area contributed by atoms with Gasteiger partial charge in [0.1, 0.15) is 3.74 Å². The van der Waals surface area contributed by atoms with Gasteiger partial charge in [-0.2, -0.15) is 14.0 Å². The van der Waals surface area contributed by atoms with Gasteiger partial charge in [-0.15, -0.1) is 0 Å². The summed E-state index contributed by atoms with van der Waals surface area (Å²) >= 11 is 0. The van der Waals surface area contributed by atoms with Gasteiger partial charge in [-0.1, -0.05) is 30.3 Å². The molecule has 0 saturated carbocycles. The van der Waals surface area contributed by atoms with Gasteiger partial charge in [0.2, 0.25) is 0 Å². The zero-order valence-electron chi connectivity index (χ0n) is 12.3. The second-order valence-corrected chi connectivity index (χ2v) is 8.96. The molecule has 0 bridgehead atoms. The number of hydrogen-bond donors (Lipinski definition) is 0. The van der Waals surface area contributed by atoms with E-state index in [1.165, 1.54) is 10.8 Å². The molecule has 1 unspecified atom stereocenters. The lowest BCUT2D eigenvalue weighted by molar-refractivity contribution is -1.91. The monoisotopic (exact) mass is 361 g/mol. The summed E-state index contributed by atoms with van der Waals surface area (Å²) in [5.74, 6) is 0. The van der Waals surface area contributed by atoms with Crippen LogP contribution in [0, 0.1) is 10.2 Å². The number of hydrogen-bond acceptors (Lipinski definition) is 6. The molecule has 8 heteroatoms. The number of nitrogens with zero attached hydrogens (tertiary/aromatic N) is 1. The molecule has 5 nitrogen and oxygen atoms in total. The minimum Gasteiger partial charge on any atom is -0.383 e. The van der Waals surface area contributed by atoms with Gasteiger partial charge in [0, 0.05) is 25.2 Å². The molecule has 0 aromatic heterocycles. The van der Waals surface area contributed by atoms with Crippen LogP contribution in [-0.4, -0.2) is 23.9 Å². The molecule has 0 amide bonds. The Balaban J connectivity index is 2.36. The SMILES string of the molecule is C/C(=C/N(C)C)C1=S(O[Cl+3]([O-])([O-])[O-])SC(c2ccccc2)=C1. The zero-order chi connectivity index (χ0) is 16.3. The fraction of sp³-hybridized carbons (Fsp3) is 0.214. The first-order valence-electron chi connectivity index (χ1n) is 6.29. The minimum atomic E-state index is -4.48. The van der Waals surface area contributed by atoms with E-state index in [9.17, 15) is 14.0 Å². The molecular formula is C14H16ClNO4S2. The van der Waals surface area contributed by atoms with Crippen LogP contribution < -0.4 is 14.0 Å². The van der Waals surface area contributed by atoms with Crippen LogP contribution in [0.25, 0.3) is 4.91 Å². The molecule has 0 radical (unpaired) electrons. The van der Waals surface area contributed by atoms with Crippen molar-refractivity contribution in [1.82, 2.24) is 4.90 Å². The molecular weight excluding hydrogens is 346 g/mol. The lowest BCUT2D eigenvalue weighted by Crippen LogP contribution is -2.60. The molecule has 1 heterocycles. The highest BCUT2D eigenvalue weighted by molar-refractivity contribution is 8.85. The van der Waals surface area contributed by atoms with Crippen molar-refractivity contribution in [2.75, 3.05) is 14.1 Å². The summed E-state index contributed by atoms with van der Waals surface area (Å²) in [5, 5.41) is 0. The number of allylic oxidation sites excluding steroid dienone is 2. The summed E-state index contributed by atoms with van der Waals surface area (Å²) in [7, 11) is -0.675. The Morgan fingerprint density at radius 1 is 1.23 bits per heavy atom. The molecule has 1 aliphatic rings. The molecule has 1 aliphatic heterocycles. The fourth-order valence-corrected chi connectivity index (χ4v) is 6.58. The predicted molar refractivity (Wildman–Crippen MR) is 83.1 cm³/mol. The standard InChI is InChI=1S/C14H16ClNO4S2/c1-11(10-16(2)3)14-9-13(12-7-5-4-6-8-12)21-22(14)20-15(17,18)19/h4-10H,1-3H3/b11-10-. The van der Waals surface area contributed by atoms with Crippen LogP contribution in [0.2, 0.25) is 0 Å². The Bertz CT molecular complexity index is 636. The van der Waals surface area contributed by atoms with E-state index in [0.717, 1.165) is 16.0 Å². The molecule has 1 atom stereocenters. The lowest BCUT2D eigenvalue weighted by atomic mass is 10.1. The first-order chi connectivity index (χ1) is 10.3. The van der Waals surface area contributed by atoms with Crippen molar-refractivity contribution < 1.29 is 28.0 Å². The topological polar surface area (TPSA) is 81.7 Å². The summed E-state index contributed by atoms with van der Waals surface area (Å²) in [6, 6.07) is 9.57. The van der Waals surface area contributed by atoms with E-state index in [4.69, 9.17) is 3.74 Å². The Morgan fingerprint density at radius 3 is 2.41 bits per heavy atom. The lowest BCUT2D eigenvalue weighted by Gasteiger charge is -2.14. The van der Waals surface area contributed by atoms with Crippen LogP contribution >= 0.6 is 20.6 Å². The average Bonchev–Trinajstić information content (AvgIpc) is 2.80. The predicted octanol–water partition coefficient (Wildman–Crippen LogP) is 0.425. The Labute approximate surface area is 138 Å². The van der Waals surface area contributed by atoms with Gasteiger partial charge in [-0.3, -0.25) is 0 Å². The van der Waals surface area contributed by atoms with Gasteiger partial charge in [-0.25, -0.2) is 0 Å². The molecule has 0 fully saturated rings. The highest BCUT2D eigenvalue weighted by Gasteiger charge is 2.31. The Hall–Kier alpha value is -0.800. The van der Waals surface area contributed by atoms with Gasteiger partial charge in [0.25, 0.3) is 0 Å². The van der Waals surface area contributed by atoms with Crippen molar-refractivity contribution in [2.24, 2.45) is 0 Å². The minimum absolute atomic E-state index is 0.699. The third kappa shape index (κ3) is 4.85. The maximum absolute atomic E-state index is 10.9. The van der Waals surface area contributed by atoms with E-state index in [-0.39, 0.29) is 0 Å². The van der Waals surface area contributed by atoms with Crippen molar-refractivity contribution in [2.45, 2.75) is 6.92 Å². The normalized spacial score (nSPS) is 19.4. The molecule has 2 rings (SSSR count). The van der Waals surface area contributed by atoms with Crippen molar-refractivity contribution in [1.29, 1.82) is 0 Å². The van der Waals surface area contributed by atoms with Crippen LogP contribution in [0.15, 0.2) is 48.2 Å². The van der Waals surface area contributed by atoms with Gasteiger partial charge >= 0.3 is 0 Å². The van der Waals surface area contributed by atoms with E-state index in [0.29, 0.717) is 4.86 Å². The molecule has 1 aromatic rings. The highest BCUT2D eigenvalue weighted by Crippen LogP contribution is 2.51. The smallest absolute Gasteiger partial charge is 0.179 e. The number of halogens is 1. The Morgan fingerprint density at radius 2 is 1.86 bits per heavy atom. The van der Waals surface area contributed by atoms with Crippen molar-refractivity contribution in [3.63, 3.8) is 0 Å². The molecule has 0 N–H and O–H groups in total. The first kappa shape index (κ1) is 17.6. The molecule has 0 saturated heterocycles. The highest BCUT2D eigenvalue weighted by atomic mass is 35.7. The fourth-order valence-electron chi connectivity index (χ4n) is 1.86. The maximum atomic E-state index is 10.9. The number of rotatable bonds is 5. The van der Waals surface area contributed by atoms with E-state index in [2.05, 4.69) is 0 Å². The van der Waals surface area contributed by atoms with Crippen molar-refractivity contribution in [3.05, 3.63) is 53.7 Å². The van der Waals surface area contributed by atoms with E-state index >= 15 is 0 Å². The van der Waals surface area contributed by atoms with Gasteiger partial charge < -0.3 is 4.90 Å². The molecule has 0 aliphatic carbocycles. The van der Waals surface area contributed by atoms with Crippen LogP contribution in [0.5, 0.6) is 0 Å². The van der Waals surface area contributed by atoms with Crippen LogP contribution in [-0.2, 0) is 3.74 Å². The van der Waals surface area contributed by atoms with Crippen LogP contribution in [0.1, 0.15) is 12.5 Å². The summed E-state index contributed by atoms with van der Waals surface area (Å²) in [6.07, 6.45) is 3.73.